The number of esters is 1. The monoisotopic (exact) mass is 431 g/mol. The number of carbonyl (C=O) groups is 2. The van der Waals surface area contributed by atoms with Gasteiger partial charge in [0.1, 0.15) is 11.6 Å². The summed E-state index contributed by atoms with van der Waals surface area (Å²) in [5, 5.41) is 2.59. The van der Waals surface area contributed by atoms with Crippen LogP contribution in [0.25, 0.3) is 0 Å². The predicted molar refractivity (Wildman–Crippen MR) is 105 cm³/mol. The smallest absolute Gasteiger partial charge is 0.416 e. The van der Waals surface area contributed by atoms with E-state index in [1.54, 1.807) is 30.3 Å². The Labute approximate surface area is 175 Å². The molecule has 0 aromatic heterocycles. The van der Waals surface area contributed by atoms with E-state index >= 15 is 0 Å². The van der Waals surface area contributed by atoms with Gasteiger partial charge in [-0.2, -0.15) is 13.2 Å². The van der Waals surface area contributed by atoms with Crippen LogP contribution in [0, 0.1) is 5.82 Å². The number of hydrogen-bond acceptors (Lipinski definition) is 3. The molecule has 0 saturated heterocycles. The molecule has 0 atom stereocenters. The Morgan fingerprint density at radius 3 is 2.19 bits per heavy atom. The van der Waals surface area contributed by atoms with Gasteiger partial charge in [-0.1, -0.05) is 42.5 Å². The third-order valence-electron chi connectivity index (χ3n) is 4.33. The molecule has 1 amide bonds. The van der Waals surface area contributed by atoms with Crippen LogP contribution in [0.1, 0.15) is 27.0 Å². The number of halogens is 4. The third kappa shape index (κ3) is 6.15. The molecular weight excluding hydrogens is 414 g/mol. The molecule has 0 aliphatic carbocycles. The average molecular weight is 431 g/mol. The topological polar surface area (TPSA) is 55.4 Å². The second kappa shape index (κ2) is 9.42. The van der Waals surface area contributed by atoms with Gasteiger partial charge in [-0.25, -0.2) is 4.39 Å². The van der Waals surface area contributed by atoms with Crippen molar-refractivity contribution < 1.29 is 31.9 Å². The van der Waals surface area contributed by atoms with Crippen molar-refractivity contribution in [2.75, 3.05) is 0 Å². The highest BCUT2D eigenvalue weighted by atomic mass is 19.4. The minimum absolute atomic E-state index is 0.143. The van der Waals surface area contributed by atoms with Crippen LogP contribution in [0.2, 0.25) is 0 Å². The van der Waals surface area contributed by atoms with Crippen LogP contribution in [0.4, 0.5) is 17.6 Å². The fraction of sp³-hybridized carbons (Fsp3) is 0.130. The van der Waals surface area contributed by atoms with E-state index in [-0.39, 0.29) is 18.5 Å². The van der Waals surface area contributed by atoms with Crippen LogP contribution in [0.3, 0.4) is 0 Å². The molecule has 0 heterocycles. The molecule has 3 rings (SSSR count). The quantitative estimate of drug-likeness (QED) is 0.342. The van der Waals surface area contributed by atoms with Crippen LogP contribution < -0.4 is 10.1 Å². The molecule has 0 fully saturated rings. The minimum atomic E-state index is -4.68. The third-order valence-corrected chi connectivity index (χ3v) is 4.33. The lowest BCUT2D eigenvalue weighted by Crippen LogP contribution is -2.24. The number of nitrogens with one attached hydrogen (secondary N) is 1. The summed E-state index contributed by atoms with van der Waals surface area (Å²) < 4.78 is 57.4. The van der Waals surface area contributed by atoms with Gasteiger partial charge < -0.3 is 10.1 Å². The first-order valence-corrected chi connectivity index (χ1v) is 9.21. The Morgan fingerprint density at radius 2 is 1.55 bits per heavy atom. The van der Waals surface area contributed by atoms with Gasteiger partial charge in [0.25, 0.3) is 5.91 Å². The summed E-state index contributed by atoms with van der Waals surface area (Å²) in [5.74, 6) is -2.58. The molecular formula is C23H17F4NO3. The molecule has 31 heavy (non-hydrogen) atoms. The van der Waals surface area contributed by atoms with Crippen LogP contribution in [-0.4, -0.2) is 11.9 Å². The number of amides is 1. The number of hydrogen-bond donors (Lipinski definition) is 1. The molecule has 0 saturated carbocycles. The maximum absolute atomic E-state index is 13.1. The summed E-state index contributed by atoms with van der Waals surface area (Å²) in [5.41, 5.74) is -0.0702. The van der Waals surface area contributed by atoms with Gasteiger partial charge in [0.05, 0.1) is 17.5 Å². The summed E-state index contributed by atoms with van der Waals surface area (Å²) >= 11 is 0. The maximum atomic E-state index is 13.1. The van der Waals surface area contributed by atoms with E-state index in [9.17, 15) is 27.2 Å². The molecule has 0 aliphatic heterocycles. The van der Waals surface area contributed by atoms with E-state index in [0.717, 1.165) is 29.8 Å². The molecule has 160 valence electrons. The highest BCUT2D eigenvalue weighted by Gasteiger charge is 2.32. The Balaban J connectivity index is 1.80. The van der Waals surface area contributed by atoms with Crippen molar-refractivity contribution in [3.8, 4) is 5.75 Å². The van der Waals surface area contributed by atoms with E-state index in [1.165, 1.54) is 12.1 Å². The summed E-state index contributed by atoms with van der Waals surface area (Å²) in [4.78, 5) is 24.8. The molecule has 0 radical (unpaired) electrons. The van der Waals surface area contributed by atoms with Crippen LogP contribution in [0.15, 0.2) is 72.8 Å². The summed E-state index contributed by atoms with van der Waals surface area (Å²) in [6.07, 6.45) is -4.99. The van der Waals surface area contributed by atoms with E-state index in [2.05, 4.69) is 5.32 Å². The number of rotatable bonds is 6. The Bertz CT molecular complexity index is 1060. The van der Waals surface area contributed by atoms with Gasteiger partial charge in [-0.05, 0) is 41.5 Å². The van der Waals surface area contributed by atoms with Crippen molar-refractivity contribution in [3.63, 3.8) is 0 Å². The average Bonchev–Trinajstić information content (AvgIpc) is 2.73. The normalized spacial score (nSPS) is 11.1. The largest absolute Gasteiger partial charge is 0.425 e. The zero-order valence-electron chi connectivity index (χ0n) is 16.1. The van der Waals surface area contributed by atoms with Crippen LogP contribution in [-0.2, 0) is 23.9 Å². The number of ether oxygens (including phenoxy) is 1. The number of carbonyl (C=O) groups excluding carboxylic acids is 2. The molecule has 1 N–H and O–H groups in total. The summed E-state index contributed by atoms with van der Waals surface area (Å²) in [6, 6.07) is 16.2. The number of benzene rings is 3. The van der Waals surface area contributed by atoms with Crippen molar-refractivity contribution >= 4 is 11.9 Å². The van der Waals surface area contributed by atoms with Gasteiger partial charge >= 0.3 is 12.1 Å². The van der Waals surface area contributed by atoms with Gasteiger partial charge in [0, 0.05) is 6.54 Å². The molecule has 0 aliphatic rings. The fourth-order valence-electron chi connectivity index (χ4n) is 2.77. The van der Waals surface area contributed by atoms with E-state index < -0.39 is 35.2 Å². The zero-order chi connectivity index (χ0) is 22.4. The van der Waals surface area contributed by atoms with E-state index in [0.29, 0.717) is 11.6 Å². The SMILES string of the molecule is O=C(Cc1ccc(F)cc1)Oc1cc(C(F)(F)F)ccc1C(=O)NCc1ccccc1. The Kier molecular flexibility index (Phi) is 6.69. The Hall–Kier alpha value is -3.68. The van der Waals surface area contributed by atoms with Crippen molar-refractivity contribution in [3.05, 3.63) is 101 Å². The molecule has 4 nitrogen and oxygen atoms in total. The standard InChI is InChI=1S/C23H17F4NO3/c24-18-9-6-15(7-10-18)12-21(29)31-20-13-17(23(25,26)27)8-11-19(20)22(30)28-14-16-4-2-1-3-5-16/h1-11,13H,12,14H2,(H,28,30). The van der Waals surface area contributed by atoms with Crippen molar-refractivity contribution in [2.45, 2.75) is 19.1 Å². The van der Waals surface area contributed by atoms with Crippen molar-refractivity contribution in [2.24, 2.45) is 0 Å². The van der Waals surface area contributed by atoms with Gasteiger partial charge in [-0.3, -0.25) is 9.59 Å². The lowest BCUT2D eigenvalue weighted by molar-refractivity contribution is -0.139. The van der Waals surface area contributed by atoms with E-state index in [4.69, 9.17) is 4.74 Å². The van der Waals surface area contributed by atoms with Crippen molar-refractivity contribution in [1.82, 2.24) is 5.32 Å². The molecule has 8 heteroatoms. The first-order valence-electron chi connectivity index (χ1n) is 9.21. The van der Waals surface area contributed by atoms with Crippen LogP contribution >= 0.6 is 0 Å². The zero-order valence-corrected chi connectivity index (χ0v) is 16.1. The van der Waals surface area contributed by atoms with Gasteiger partial charge in [0.15, 0.2) is 0 Å². The van der Waals surface area contributed by atoms with Gasteiger partial charge in [-0.15, -0.1) is 0 Å². The maximum Gasteiger partial charge on any atom is 0.416 e. The van der Waals surface area contributed by atoms with Crippen LogP contribution in [0.5, 0.6) is 5.75 Å². The lowest BCUT2D eigenvalue weighted by Gasteiger charge is -2.14. The molecule has 0 unspecified atom stereocenters. The second-order valence-electron chi connectivity index (χ2n) is 6.65. The molecule has 0 spiro atoms. The second-order valence-corrected chi connectivity index (χ2v) is 6.65. The highest BCUT2D eigenvalue weighted by molar-refractivity contribution is 5.97. The first-order chi connectivity index (χ1) is 14.7. The fourth-order valence-corrected chi connectivity index (χ4v) is 2.77. The number of alkyl halides is 3. The lowest BCUT2D eigenvalue weighted by atomic mass is 10.1. The first kappa shape index (κ1) is 22.0. The summed E-state index contributed by atoms with van der Waals surface area (Å²) in [6.45, 7) is 0.143. The Morgan fingerprint density at radius 1 is 0.871 bits per heavy atom. The van der Waals surface area contributed by atoms with Gasteiger partial charge in [0.2, 0.25) is 0 Å². The van der Waals surface area contributed by atoms with Crippen molar-refractivity contribution in [1.29, 1.82) is 0 Å². The highest BCUT2D eigenvalue weighted by Crippen LogP contribution is 2.33. The predicted octanol–water partition coefficient (Wildman–Crippen LogP) is 4.92. The molecule has 0 bridgehead atoms. The molecule has 3 aromatic carbocycles. The molecule has 3 aromatic rings. The van der Waals surface area contributed by atoms with E-state index in [1.807, 2.05) is 0 Å². The summed E-state index contributed by atoms with van der Waals surface area (Å²) in [7, 11) is 0. The minimum Gasteiger partial charge on any atom is -0.425 e.